The molecule has 0 spiro atoms. The molecule has 0 unspecified atom stereocenters. The maximum absolute atomic E-state index is 12.2. The highest BCUT2D eigenvalue weighted by atomic mass is 35.5. The largest absolute Gasteiger partial charge is 0.468 e. The number of esters is 2. The van der Waals surface area contributed by atoms with Crippen LogP contribution in [0.5, 0.6) is 0 Å². The van der Waals surface area contributed by atoms with Gasteiger partial charge in [-0.1, -0.05) is 21.6 Å². The van der Waals surface area contributed by atoms with Crippen LogP contribution in [0.3, 0.4) is 0 Å². The minimum absolute atomic E-state index is 0. The van der Waals surface area contributed by atoms with Crippen molar-refractivity contribution in [1.29, 1.82) is 0 Å². The number of halogens is 2. The van der Waals surface area contributed by atoms with Crippen LogP contribution < -0.4 is 32.7 Å². The van der Waals surface area contributed by atoms with Gasteiger partial charge in [0.15, 0.2) is 0 Å². The smallest absolute Gasteiger partial charge is 0.325 e. The van der Waals surface area contributed by atoms with E-state index in [1.165, 1.54) is 0 Å². The van der Waals surface area contributed by atoms with Gasteiger partial charge in [-0.15, -0.1) is 24.8 Å². The first-order valence-corrected chi connectivity index (χ1v) is 11.6. The third-order valence-electron chi connectivity index (χ3n) is 3.50. The number of amides is 4. The second kappa shape index (κ2) is 21.5. The molecule has 0 aliphatic heterocycles. The Hall–Kier alpha value is -1.98. The number of hydrogen-bond acceptors (Lipinski definition) is 12. The lowest BCUT2D eigenvalue weighted by Crippen LogP contribution is -2.51. The summed E-state index contributed by atoms with van der Waals surface area (Å²) in [5, 5.41) is 9.49. The molecule has 0 radical (unpaired) electrons. The number of nitrogens with one attached hydrogen (secondary N) is 4. The van der Waals surface area contributed by atoms with Crippen LogP contribution in [-0.4, -0.2) is 99.6 Å². The van der Waals surface area contributed by atoms with E-state index in [0.29, 0.717) is 0 Å². The first-order chi connectivity index (χ1) is 15.2. The van der Waals surface area contributed by atoms with Gasteiger partial charge in [-0.05, 0) is 0 Å². The number of nitrogens with two attached hydrogens (primary N) is 2. The molecule has 198 valence electrons. The molecule has 0 saturated heterocycles. The Morgan fingerprint density at radius 3 is 1.29 bits per heavy atom. The first kappa shape index (κ1) is 36.6. The molecule has 0 fully saturated rings. The second-order valence-electron chi connectivity index (χ2n) is 5.81. The fraction of sp³-hybridized carbons (Fsp3) is 0.625. The summed E-state index contributed by atoms with van der Waals surface area (Å²) in [7, 11) is 4.57. The molecule has 2 atom stereocenters. The van der Waals surface area contributed by atoms with Crippen molar-refractivity contribution in [2.75, 3.05) is 51.9 Å². The second-order valence-corrected chi connectivity index (χ2v) is 8.36. The molecule has 0 aliphatic rings. The molecule has 0 heterocycles. The molecule has 0 aliphatic carbocycles. The highest BCUT2D eigenvalue weighted by molar-refractivity contribution is 8.76. The Morgan fingerprint density at radius 2 is 1.03 bits per heavy atom. The zero-order chi connectivity index (χ0) is 24.5. The summed E-state index contributed by atoms with van der Waals surface area (Å²) in [5.41, 5.74) is 10.5. The number of carbonyl (C=O) groups is 6. The van der Waals surface area contributed by atoms with Gasteiger partial charge < -0.3 is 42.2 Å². The Kier molecular flexibility index (Phi) is 23.2. The molecule has 34 heavy (non-hydrogen) atoms. The molecule has 0 aromatic heterocycles. The lowest BCUT2D eigenvalue weighted by atomic mass is 10.3. The average Bonchev–Trinajstić information content (AvgIpc) is 2.80. The third-order valence-corrected chi connectivity index (χ3v) is 5.92. The van der Waals surface area contributed by atoms with Gasteiger partial charge >= 0.3 is 11.9 Å². The predicted octanol–water partition coefficient (Wildman–Crippen LogP) is -3.32. The van der Waals surface area contributed by atoms with Crippen LogP contribution in [0.25, 0.3) is 0 Å². The fourth-order valence-electron chi connectivity index (χ4n) is 1.81. The van der Waals surface area contributed by atoms with E-state index in [0.717, 1.165) is 35.8 Å². The fourth-order valence-corrected chi connectivity index (χ4v) is 4.14. The molecule has 0 bridgehead atoms. The Morgan fingerprint density at radius 1 is 0.706 bits per heavy atom. The third kappa shape index (κ3) is 16.6. The van der Waals surface area contributed by atoms with Crippen LogP contribution in [0.15, 0.2) is 0 Å². The maximum Gasteiger partial charge on any atom is 0.325 e. The van der Waals surface area contributed by atoms with E-state index in [4.69, 9.17) is 11.5 Å². The maximum atomic E-state index is 12.2. The number of carbonyl (C=O) groups excluding carboxylic acids is 6. The van der Waals surface area contributed by atoms with E-state index in [1.54, 1.807) is 0 Å². The van der Waals surface area contributed by atoms with Crippen LogP contribution in [0.2, 0.25) is 0 Å². The van der Waals surface area contributed by atoms with E-state index in [2.05, 4.69) is 30.7 Å². The molecule has 14 nitrogen and oxygen atoms in total. The van der Waals surface area contributed by atoms with Crippen LogP contribution in [-0.2, 0) is 38.2 Å². The highest BCUT2D eigenvalue weighted by Crippen LogP contribution is 2.23. The summed E-state index contributed by atoms with van der Waals surface area (Å²) >= 11 is 0. The van der Waals surface area contributed by atoms with Crippen molar-refractivity contribution in [3.8, 4) is 0 Å². The van der Waals surface area contributed by atoms with E-state index in [-0.39, 0.29) is 62.5 Å². The number of hydrogen-bond donors (Lipinski definition) is 6. The Balaban J connectivity index is -0.00000480. The van der Waals surface area contributed by atoms with Crippen molar-refractivity contribution >= 4 is 82.0 Å². The summed E-state index contributed by atoms with van der Waals surface area (Å²) in [6.45, 7) is -1.44. The normalized spacial score (nSPS) is 11.3. The summed E-state index contributed by atoms with van der Waals surface area (Å²) < 4.78 is 8.86. The summed E-state index contributed by atoms with van der Waals surface area (Å²) in [4.78, 5) is 70.0. The summed E-state index contributed by atoms with van der Waals surface area (Å²) in [6.07, 6.45) is 0. The molecule has 0 aromatic rings. The van der Waals surface area contributed by atoms with Crippen LogP contribution in [0.1, 0.15) is 0 Å². The van der Waals surface area contributed by atoms with Gasteiger partial charge in [-0.25, -0.2) is 0 Å². The molecule has 0 rings (SSSR count). The highest BCUT2D eigenvalue weighted by Gasteiger charge is 2.24. The minimum Gasteiger partial charge on any atom is -0.468 e. The van der Waals surface area contributed by atoms with E-state index in [9.17, 15) is 28.8 Å². The predicted molar refractivity (Wildman–Crippen MR) is 131 cm³/mol. The molecular formula is C16H30Cl2N6O8S2. The van der Waals surface area contributed by atoms with Crippen LogP contribution in [0, 0.1) is 0 Å². The van der Waals surface area contributed by atoms with Gasteiger partial charge in [-0.2, -0.15) is 0 Å². The van der Waals surface area contributed by atoms with Gasteiger partial charge in [0.05, 0.1) is 27.3 Å². The molecular weight excluding hydrogens is 539 g/mol. The quantitative estimate of drug-likeness (QED) is 0.0648. The standard InChI is InChI=1S/C16H28N6O8S2.2ClH/c1-29-13(25)5-19-15(27)9(21-11(23)3-17)7-31-32-8-10(22-12(24)4-18)16(28)20-6-14(26)30-2;;/h9-10H,3-8,17-18H2,1-2H3,(H,19,27)(H,20,28)(H,21,23)(H,22,24);2*1H/t9-,10-;;/m0../s1. The van der Waals surface area contributed by atoms with Crippen molar-refractivity contribution < 1.29 is 38.2 Å². The van der Waals surface area contributed by atoms with Gasteiger partial charge in [-0.3, -0.25) is 28.8 Å². The number of rotatable bonds is 15. The zero-order valence-electron chi connectivity index (χ0n) is 18.5. The van der Waals surface area contributed by atoms with Gasteiger partial charge in [0, 0.05) is 11.5 Å². The topological polar surface area (TPSA) is 221 Å². The van der Waals surface area contributed by atoms with Crippen LogP contribution >= 0.6 is 46.4 Å². The number of methoxy groups -OCH3 is 2. The zero-order valence-corrected chi connectivity index (χ0v) is 21.7. The molecule has 8 N–H and O–H groups in total. The van der Waals surface area contributed by atoms with Crippen molar-refractivity contribution in [2.45, 2.75) is 12.1 Å². The Labute approximate surface area is 216 Å². The SMILES string of the molecule is COC(=O)CNC(=O)[C@H](CSSC[C@H](NC(=O)CN)C(=O)NCC(=O)OC)NC(=O)CN.Cl.Cl. The van der Waals surface area contributed by atoms with Gasteiger partial charge in [0.2, 0.25) is 23.6 Å². The minimum atomic E-state index is -1.02. The van der Waals surface area contributed by atoms with Crippen molar-refractivity contribution in [1.82, 2.24) is 21.3 Å². The van der Waals surface area contributed by atoms with Crippen LogP contribution in [0.4, 0.5) is 0 Å². The van der Waals surface area contributed by atoms with Gasteiger partial charge in [0.1, 0.15) is 25.2 Å². The summed E-state index contributed by atoms with van der Waals surface area (Å²) in [5.74, 6) is -3.63. The average molecular weight is 569 g/mol. The van der Waals surface area contributed by atoms with Gasteiger partial charge in [0.25, 0.3) is 0 Å². The van der Waals surface area contributed by atoms with Crippen molar-refractivity contribution in [3.63, 3.8) is 0 Å². The van der Waals surface area contributed by atoms with E-state index >= 15 is 0 Å². The van der Waals surface area contributed by atoms with Crippen molar-refractivity contribution in [2.24, 2.45) is 11.5 Å². The number of ether oxygens (including phenoxy) is 2. The molecule has 4 amide bonds. The monoisotopic (exact) mass is 568 g/mol. The molecule has 0 saturated carbocycles. The lowest BCUT2D eigenvalue weighted by molar-refractivity contribution is -0.141. The first-order valence-electron chi connectivity index (χ1n) is 9.10. The summed E-state index contributed by atoms with van der Waals surface area (Å²) in [6, 6.07) is -2.03. The van der Waals surface area contributed by atoms with E-state index < -0.39 is 47.7 Å². The molecule has 0 aromatic carbocycles. The van der Waals surface area contributed by atoms with E-state index in [1.807, 2.05) is 0 Å². The van der Waals surface area contributed by atoms with Crippen molar-refractivity contribution in [3.05, 3.63) is 0 Å². The lowest BCUT2D eigenvalue weighted by Gasteiger charge is -2.19. The Bertz CT molecular complexity index is 636. The molecule has 18 heteroatoms.